The fraction of sp³-hybridized carbons (Fsp3) is 0.462. The molecule has 0 radical (unpaired) electrons. The van der Waals surface area contributed by atoms with E-state index in [1.807, 2.05) is 18.2 Å². The Labute approximate surface area is 106 Å². The summed E-state index contributed by atoms with van der Waals surface area (Å²) in [6.45, 7) is 3.75. The molecule has 1 spiro atoms. The second-order valence-electron chi connectivity index (χ2n) is 4.34. The van der Waals surface area contributed by atoms with E-state index in [2.05, 4.69) is 12.2 Å². The maximum atomic E-state index is 8.05. The van der Waals surface area contributed by atoms with Gasteiger partial charge >= 0.3 is 0 Å². The number of hydrogen-bond donors (Lipinski definition) is 2. The van der Waals surface area contributed by atoms with Crippen LogP contribution in [0.1, 0.15) is 24.5 Å². The molecule has 1 aromatic rings. The summed E-state index contributed by atoms with van der Waals surface area (Å²) < 4.78 is 16.9. The highest BCUT2D eigenvalue weighted by Crippen LogP contribution is 2.40. The van der Waals surface area contributed by atoms with Crippen LogP contribution in [-0.2, 0) is 15.4 Å². The summed E-state index contributed by atoms with van der Waals surface area (Å²) in [6, 6.07) is 5.68. The predicted molar refractivity (Wildman–Crippen MR) is 65.8 cm³/mol. The third kappa shape index (κ3) is 1.59. The number of amidine groups is 1. The molecule has 5 nitrogen and oxygen atoms in total. The van der Waals surface area contributed by atoms with Crippen molar-refractivity contribution in [2.75, 3.05) is 19.8 Å². The Morgan fingerprint density at radius 2 is 2.17 bits per heavy atom. The SMILES string of the molecule is CCCOc1cccc2c1C(=N)NC21OCCO1. The third-order valence-corrected chi connectivity index (χ3v) is 3.08. The molecule has 5 heteroatoms. The Hall–Kier alpha value is -1.59. The Morgan fingerprint density at radius 3 is 2.89 bits per heavy atom. The normalized spacial score (nSPS) is 19.9. The molecule has 0 atom stereocenters. The molecule has 0 bridgehead atoms. The lowest BCUT2D eigenvalue weighted by Crippen LogP contribution is -2.40. The van der Waals surface area contributed by atoms with Gasteiger partial charge in [0.15, 0.2) is 0 Å². The predicted octanol–water partition coefficient (Wildman–Crippen LogP) is 1.56. The number of fused-ring (bicyclic) bond motifs is 2. The maximum absolute atomic E-state index is 8.05. The van der Waals surface area contributed by atoms with Gasteiger partial charge in [-0.25, -0.2) is 0 Å². The fourth-order valence-corrected chi connectivity index (χ4v) is 2.33. The summed E-state index contributed by atoms with van der Waals surface area (Å²) in [4.78, 5) is 0. The van der Waals surface area contributed by atoms with E-state index in [9.17, 15) is 0 Å². The average Bonchev–Trinajstić information content (AvgIpc) is 2.95. The zero-order valence-corrected chi connectivity index (χ0v) is 10.3. The summed E-state index contributed by atoms with van der Waals surface area (Å²) in [5.41, 5.74) is 1.58. The van der Waals surface area contributed by atoms with E-state index in [0.29, 0.717) is 31.4 Å². The van der Waals surface area contributed by atoms with Crippen LogP contribution >= 0.6 is 0 Å². The fourth-order valence-electron chi connectivity index (χ4n) is 2.33. The Kier molecular flexibility index (Phi) is 2.72. The first-order valence-corrected chi connectivity index (χ1v) is 6.18. The summed E-state index contributed by atoms with van der Waals surface area (Å²) in [7, 11) is 0. The van der Waals surface area contributed by atoms with Crippen LogP contribution in [0.3, 0.4) is 0 Å². The average molecular weight is 248 g/mol. The highest BCUT2D eigenvalue weighted by Gasteiger charge is 2.48. The molecule has 0 aromatic heterocycles. The number of hydrogen-bond acceptors (Lipinski definition) is 4. The monoisotopic (exact) mass is 248 g/mol. The molecule has 18 heavy (non-hydrogen) atoms. The lowest BCUT2D eigenvalue weighted by Gasteiger charge is -2.22. The van der Waals surface area contributed by atoms with Gasteiger partial charge in [0.1, 0.15) is 11.6 Å². The van der Waals surface area contributed by atoms with Gasteiger partial charge in [-0.1, -0.05) is 19.1 Å². The van der Waals surface area contributed by atoms with Crippen LogP contribution in [0.4, 0.5) is 0 Å². The van der Waals surface area contributed by atoms with E-state index in [-0.39, 0.29) is 0 Å². The minimum atomic E-state index is -0.974. The van der Waals surface area contributed by atoms with Gasteiger partial charge in [-0.2, -0.15) is 0 Å². The number of rotatable bonds is 3. The standard InChI is InChI=1S/C13H16N2O3/c1-2-6-16-10-5-3-4-9-11(10)12(14)15-13(9)17-7-8-18-13/h3-5H,2,6-8H2,1H3,(H2,14,15). The molecule has 2 aliphatic heterocycles. The molecule has 0 aliphatic carbocycles. The Morgan fingerprint density at radius 1 is 1.39 bits per heavy atom. The Bertz CT molecular complexity index is 481. The van der Waals surface area contributed by atoms with E-state index in [1.54, 1.807) is 0 Å². The molecular weight excluding hydrogens is 232 g/mol. The number of nitrogens with one attached hydrogen (secondary N) is 2. The van der Waals surface area contributed by atoms with E-state index >= 15 is 0 Å². The molecule has 1 fully saturated rings. The van der Waals surface area contributed by atoms with Crippen molar-refractivity contribution < 1.29 is 14.2 Å². The molecule has 0 unspecified atom stereocenters. The van der Waals surface area contributed by atoms with E-state index < -0.39 is 5.91 Å². The lowest BCUT2D eigenvalue weighted by atomic mass is 10.1. The molecule has 0 amide bonds. The zero-order chi connectivity index (χ0) is 12.6. The van der Waals surface area contributed by atoms with E-state index in [4.69, 9.17) is 19.6 Å². The van der Waals surface area contributed by atoms with Crippen LogP contribution < -0.4 is 10.1 Å². The molecule has 2 N–H and O–H groups in total. The zero-order valence-electron chi connectivity index (χ0n) is 10.3. The van der Waals surface area contributed by atoms with Crippen molar-refractivity contribution in [3.8, 4) is 5.75 Å². The van der Waals surface area contributed by atoms with Gasteiger partial charge in [-0.05, 0) is 12.5 Å². The van der Waals surface area contributed by atoms with Crippen molar-refractivity contribution in [3.05, 3.63) is 29.3 Å². The minimum Gasteiger partial charge on any atom is -0.493 e. The smallest absolute Gasteiger partial charge is 0.279 e. The molecule has 2 heterocycles. The highest BCUT2D eigenvalue weighted by atomic mass is 16.8. The molecule has 1 saturated heterocycles. The van der Waals surface area contributed by atoms with Crippen molar-refractivity contribution in [2.45, 2.75) is 19.3 Å². The molecule has 2 aliphatic rings. The van der Waals surface area contributed by atoms with Crippen LogP contribution in [0.2, 0.25) is 0 Å². The first-order chi connectivity index (χ1) is 8.77. The van der Waals surface area contributed by atoms with Gasteiger partial charge < -0.3 is 19.5 Å². The third-order valence-electron chi connectivity index (χ3n) is 3.08. The number of ether oxygens (including phenoxy) is 3. The van der Waals surface area contributed by atoms with Crippen LogP contribution in [0.15, 0.2) is 18.2 Å². The van der Waals surface area contributed by atoms with Gasteiger partial charge in [-0.15, -0.1) is 0 Å². The molecule has 1 aromatic carbocycles. The number of benzene rings is 1. The van der Waals surface area contributed by atoms with Gasteiger partial charge in [0.25, 0.3) is 5.91 Å². The van der Waals surface area contributed by atoms with Crippen LogP contribution in [0.25, 0.3) is 0 Å². The summed E-state index contributed by atoms with van der Waals surface area (Å²) >= 11 is 0. The second-order valence-corrected chi connectivity index (χ2v) is 4.34. The molecular formula is C13H16N2O3. The van der Waals surface area contributed by atoms with Gasteiger partial charge in [-0.3, -0.25) is 5.41 Å². The maximum Gasteiger partial charge on any atom is 0.279 e. The van der Waals surface area contributed by atoms with Crippen molar-refractivity contribution in [1.29, 1.82) is 5.41 Å². The molecule has 3 rings (SSSR count). The van der Waals surface area contributed by atoms with Crippen LogP contribution in [0.5, 0.6) is 5.75 Å². The Balaban J connectivity index is 2.03. The lowest BCUT2D eigenvalue weighted by molar-refractivity contribution is -0.173. The minimum absolute atomic E-state index is 0.290. The quantitative estimate of drug-likeness (QED) is 0.852. The van der Waals surface area contributed by atoms with Crippen molar-refractivity contribution in [2.24, 2.45) is 0 Å². The van der Waals surface area contributed by atoms with Crippen LogP contribution in [0, 0.1) is 5.41 Å². The highest BCUT2D eigenvalue weighted by molar-refractivity contribution is 6.03. The molecule has 96 valence electrons. The molecule has 0 saturated carbocycles. The van der Waals surface area contributed by atoms with Gasteiger partial charge in [0.2, 0.25) is 0 Å². The second kappa shape index (κ2) is 4.26. The van der Waals surface area contributed by atoms with E-state index in [1.165, 1.54) is 0 Å². The largest absolute Gasteiger partial charge is 0.493 e. The summed E-state index contributed by atoms with van der Waals surface area (Å²) in [5.74, 6) is 0.0271. The van der Waals surface area contributed by atoms with Crippen molar-refractivity contribution >= 4 is 5.84 Å². The summed E-state index contributed by atoms with van der Waals surface area (Å²) in [5, 5.41) is 11.0. The first-order valence-electron chi connectivity index (χ1n) is 6.18. The first kappa shape index (κ1) is 11.5. The topological polar surface area (TPSA) is 63.6 Å². The van der Waals surface area contributed by atoms with Crippen molar-refractivity contribution in [1.82, 2.24) is 5.32 Å². The van der Waals surface area contributed by atoms with Gasteiger partial charge in [0, 0.05) is 5.56 Å². The van der Waals surface area contributed by atoms with E-state index in [0.717, 1.165) is 17.5 Å². The van der Waals surface area contributed by atoms with Crippen molar-refractivity contribution in [3.63, 3.8) is 0 Å². The summed E-state index contributed by atoms with van der Waals surface area (Å²) in [6.07, 6.45) is 0.933. The van der Waals surface area contributed by atoms with Crippen LogP contribution in [-0.4, -0.2) is 25.7 Å². The van der Waals surface area contributed by atoms with Gasteiger partial charge in [0.05, 0.1) is 25.4 Å².